The zero-order chi connectivity index (χ0) is 14.5. The van der Waals surface area contributed by atoms with E-state index < -0.39 is 0 Å². The average Bonchev–Trinajstić information content (AvgIpc) is 2.25. The predicted molar refractivity (Wildman–Crippen MR) is 84.0 cm³/mol. The number of allylic oxidation sites excluding steroid dienone is 7. The summed E-state index contributed by atoms with van der Waals surface area (Å²) in [5, 5.41) is 9.25. The fourth-order valence-corrected chi connectivity index (χ4v) is 2.81. The molecule has 0 saturated heterocycles. The van der Waals surface area contributed by atoms with E-state index in [4.69, 9.17) is 0 Å². The van der Waals surface area contributed by atoms with Crippen LogP contribution in [0.2, 0.25) is 0 Å². The van der Waals surface area contributed by atoms with Gasteiger partial charge in [0.05, 0.1) is 6.10 Å². The lowest BCUT2D eigenvalue weighted by atomic mass is 9.73. The van der Waals surface area contributed by atoms with Crippen LogP contribution in [0.3, 0.4) is 0 Å². The van der Waals surface area contributed by atoms with Crippen LogP contribution in [-0.4, -0.2) is 11.2 Å². The van der Waals surface area contributed by atoms with Gasteiger partial charge in [-0.2, -0.15) is 0 Å². The summed E-state index contributed by atoms with van der Waals surface area (Å²) < 4.78 is 0. The quantitative estimate of drug-likeness (QED) is 0.709. The Balaban J connectivity index is 2.74. The zero-order valence-electron chi connectivity index (χ0n) is 13.0. The van der Waals surface area contributed by atoms with E-state index in [-0.39, 0.29) is 6.10 Å². The van der Waals surface area contributed by atoms with Crippen LogP contribution < -0.4 is 0 Å². The third kappa shape index (κ3) is 5.20. The van der Waals surface area contributed by atoms with Gasteiger partial charge in [0, 0.05) is 0 Å². The van der Waals surface area contributed by atoms with Crippen LogP contribution in [0.25, 0.3) is 0 Å². The Hall–Kier alpha value is -1.08. The first-order valence-corrected chi connectivity index (χ1v) is 7.24. The average molecular weight is 260 g/mol. The summed E-state index contributed by atoms with van der Waals surface area (Å²) in [7, 11) is 0. The van der Waals surface area contributed by atoms with E-state index in [1.165, 1.54) is 30.4 Å². The Morgan fingerprint density at radius 3 is 2.58 bits per heavy atom. The summed E-state index contributed by atoms with van der Waals surface area (Å²) in [4.78, 5) is 0. The van der Waals surface area contributed by atoms with E-state index in [2.05, 4.69) is 39.0 Å². The van der Waals surface area contributed by atoms with Crippen molar-refractivity contribution in [3.63, 3.8) is 0 Å². The normalized spacial score (nSPS) is 22.5. The van der Waals surface area contributed by atoms with Gasteiger partial charge in [0.2, 0.25) is 0 Å². The summed E-state index contributed by atoms with van der Waals surface area (Å²) in [6.45, 7) is 10.7. The second kappa shape index (κ2) is 6.91. The van der Waals surface area contributed by atoms with Gasteiger partial charge in [-0.25, -0.2) is 0 Å². The molecule has 1 N–H and O–H groups in total. The standard InChI is InChI=1S/C18H28O/c1-14(13-16(3)19)9-6-7-11-17-15(2)10-8-12-18(17,4)5/h6-7,9,11,13,16,19H,8,10,12H2,1-5H3/b9-6+,11-7+,14-13+. The lowest BCUT2D eigenvalue weighted by molar-refractivity contribution is 0.243. The maximum Gasteiger partial charge on any atom is 0.0698 e. The fraction of sp³-hybridized carbons (Fsp3) is 0.556. The molecule has 1 rings (SSSR count). The Morgan fingerprint density at radius 1 is 1.32 bits per heavy atom. The molecule has 19 heavy (non-hydrogen) atoms. The molecule has 0 aromatic rings. The van der Waals surface area contributed by atoms with Crippen molar-refractivity contribution >= 4 is 0 Å². The smallest absolute Gasteiger partial charge is 0.0698 e. The molecule has 0 amide bonds. The molecule has 0 aromatic carbocycles. The molecule has 1 aliphatic rings. The fourth-order valence-electron chi connectivity index (χ4n) is 2.81. The maximum absolute atomic E-state index is 9.25. The van der Waals surface area contributed by atoms with Gasteiger partial charge < -0.3 is 5.11 Å². The molecule has 1 nitrogen and oxygen atoms in total. The Labute approximate surface area is 118 Å². The Kier molecular flexibility index (Phi) is 5.81. The Morgan fingerprint density at radius 2 is 2.00 bits per heavy atom. The van der Waals surface area contributed by atoms with Gasteiger partial charge in [-0.15, -0.1) is 0 Å². The molecule has 1 unspecified atom stereocenters. The van der Waals surface area contributed by atoms with Gasteiger partial charge in [0.1, 0.15) is 0 Å². The predicted octanol–water partition coefficient (Wildman–Crippen LogP) is 4.95. The highest BCUT2D eigenvalue weighted by Gasteiger charge is 2.26. The summed E-state index contributed by atoms with van der Waals surface area (Å²) in [6.07, 6.45) is 13.7. The molecule has 1 aliphatic carbocycles. The SMILES string of the molecule is CC1=C(/C=C/C=C/C(C)=C/C(C)O)C(C)(C)CCC1. The second-order valence-electron chi connectivity index (χ2n) is 6.30. The lowest BCUT2D eigenvalue weighted by Crippen LogP contribution is -2.18. The van der Waals surface area contributed by atoms with Crippen LogP contribution in [0.1, 0.15) is 53.9 Å². The molecular formula is C18H28O. The minimum atomic E-state index is -0.379. The molecule has 0 heterocycles. The van der Waals surface area contributed by atoms with Gasteiger partial charge in [0.25, 0.3) is 0 Å². The maximum atomic E-state index is 9.25. The van der Waals surface area contributed by atoms with Crippen LogP contribution in [0.5, 0.6) is 0 Å². The minimum absolute atomic E-state index is 0.303. The molecule has 1 atom stereocenters. The van der Waals surface area contributed by atoms with E-state index in [0.717, 1.165) is 5.57 Å². The Bertz CT molecular complexity index is 417. The number of aliphatic hydroxyl groups excluding tert-OH is 1. The molecule has 0 radical (unpaired) electrons. The van der Waals surface area contributed by atoms with Gasteiger partial charge in [-0.05, 0) is 51.0 Å². The summed E-state index contributed by atoms with van der Waals surface area (Å²) in [6, 6.07) is 0. The van der Waals surface area contributed by atoms with Gasteiger partial charge in [-0.1, -0.05) is 55.4 Å². The van der Waals surface area contributed by atoms with Crippen molar-refractivity contribution < 1.29 is 5.11 Å². The first-order chi connectivity index (χ1) is 8.83. The minimum Gasteiger partial charge on any atom is -0.389 e. The number of rotatable bonds is 4. The van der Waals surface area contributed by atoms with Gasteiger partial charge in [-0.3, -0.25) is 0 Å². The van der Waals surface area contributed by atoms with Crippen LogP contribution in [0, 0.1) is 5.41 Å². The monoisotopic (exact) mass is 260 g/mol. The van der Waals surface area contributed by atoms with E-state index in [1.807, 2.05) is 19.1 Å². The highest BCUT2D eigenvalue weighted by Crippen LogP contribution is 2.40. The van der Waals surface area contributed by atoms with Crippen molar-refractivity contribution in [3.05, 3.63) is 47.1 Å². The molecule has 1 heteroatoms. The summed E-state index contributed by atoms with van der Waals surface area (Å²) in [5.41, 5.74) is 4.41. The molecule has 0 spiro atoms. The second-order valence-corrected chi connectivity index (χ2v) is 6.30. The van der Waals surface area contributed by atoms with Crippen molar-refractivity contribution in [2.45, 2.75) is 60.0 Å². The molecule has 0 fully saturated rings. The lowest BCUT2D eigenvalue weighted by Gasteiger charge is -2.32. The molecule has 106 valence electrons. The zero-order valence-corrected chi connectivity index (χ0v) is 13.0. The first-order valence-electron chi connectivity index (χ1n) is 7.24. The molecule has 0 bridgehead atoms. The number of hydrogen-bond donors (Lipinski definition) is 1. The number of hydrogen-bond acceptors (Lipinski definition) is 1. The molecule has 0 aromatic heterocycles. The highest BCUT2D eigenvalue weighted by atomic mass is 16.3. The largest absolute Gasteiger partial charge is 0.389 e. The van der Waals surface area contributed by atoms with Crippen LogP contribution >= 0.6 is 0 Å². The van der Waals surface area contributed by atoms with Crippen molar-refractivity contribution in [3.8, 4) is 0 Å². The third-order valence-corrected chi connectivity index (χ3v) is 3.78. The van der Waals surface area contributed by atoms with Crippen molar-refractivity contribution in [1.29, 1.82) is 0 Å². The van der Waals surface area contributed by atoms with Crippen LogP contribution in [-0.2, 0) is 0 Å². The van der Waals surface area contributed by atoms with Crippen LogP contribution in [0.15, 0.2) is 47.1 Å². The van der Waals surface area contributed by atoms with Crippen molar-refractivity contribution in [2.75, 3.05) is 0 Å². The van der Waals surface area contributed by atoms with E-state index in [0.29, 0.717) is 5.41 Å². The van der Waals surface area contributed by atoms with Gasteiger partial charge >= 0.3 is 0 Å². The first kappa shape index (κ1) is 16.0. The van der Waals surface area contributed by atoms with Crippen molar-refractivity contribution in [2.24, 2.45) is 5.41 Å². The van der Waals surface area contributed by atoms with Crippen LogP contribution in [0.4, 0.5) is 0 Å². The molecule has 0 saturated carbocycles. The highest BCUT2D eigenvalue weighted by molar-refractivity contribution is 5.35. The summed E-state index contributed by atoms with van der Waals surface area (Å²) >= 11 is 0. The molecular weight excluding hydrogens is 232 g/mol. The third-order valence-electron chi connectivity index (χ3n) is 3.78. The summed E-state index contributed by atoms with van der Waals surface area (Å²) in [5.74, 6) is 0. The van der Waals surface area contributed by atoms with E-state index in [1.54, 1.807) is 6.92 Å². The van der Waals surface area contributed by atoms with Crippen molar-refractivity contribution in [1.82, 2.24) is 0 Å². The van der Waals surface area contributed by atoms with E-state index >= 15 is 0 Å². The number of aliphatic hydroxyl groups is 1. The molecule has 0 aliphatic heterocycles. The van der Waals surface area contributed by atoms with E-state index in [9.17, 15) is 5.11 Å². The van der Waals surface area contributed by atoms with Gasteiger partial charge in [0.15, 0.2) is 0 Å². The topological polar surface area (TPSA) is 20.2 Å².